The number of hydrogen-bond donors (Lipinski definition) is 1. The Labute approximate surface area is 117 Å². The minimum absolute atomic E-state index is 0.0377. The molecular formula is C14H17ClO4. The van der Waals surface area contributed by atoms with Gasteiger partial charge in [-0.05, 0) is 18.1 Å². The van der Waals surface area contributed by atoms with Crippen LogP contribution in [0, 0.1) is 0 Å². The third-order valence-corrected chi connectivity index (χ3v) is 3.66. The maximum absolute atomic E-state index is 11.0. The Bertz CT molecular complexity index is 523. The highest BCUT2D eigenvalue weighted by molar-refractivity contribution is 6.32. The maximum atomic E-state index is 11.0. The van der Waals surface area contributed by atoms with Crippen molar-refractivity contribution >= 4 is 17.6 Å². The highest BCUT2D eigenvalue weighted by atomic mass is 35.5. The molecule has 0 fully saturated rings. The minimum Gasteiger partial charge on any atom is -0.481 e. The molecule has 0 aromatic heterocycles. The number of aliphatic carboxylic acids is 1. The summed E-state index contributed by atoms with van der Waals surface area (Å²) in [6, 6.07) is 1.80. The molecule has 0 aliphatic carbocycles. The van der Waals surface area contributed by atoms with Gasteiger partial charge in [-0.2, -0.15) is 0 Å². The van der Waals surface area contributed by atoms with Crippen molar-refractivity contribution in [3.8, 4) is 11.5 Å². The van der Waals surface area contributed by atoms with Gasteiger partial charge in [0.2, 0.25) is 6.79 Å². The van der Waals surface area contributed by atoms with Gasteiger partial charge >= 0.3 is 5.97 Å². The summed E-state index contributed by atoms with van der Waals surface area (Å²) < 4.78 is 10.8. The van der Waals surface area contributed by atoms with Crippen LogP contribution in [0.2, 0.25) is 5.02 Å². The molecule has 0 saturated carbocycles. The van der Waals surface area contributed by atoms with Crippen molar-refractivity contribution < 1.29 is 19.4 Å². The molecule has 0 unspecified atom stereocenters. The zero-order valence-corrected chi connectivity index (χ0v) is 12.0. The Balaban J connectivity index is 2.57. The number of fused-ring (bicyclic) bond motifs is 1. The molecule has 0 amide bonds. The van der Waals surface area contributed by atoms with Crippen molar-refractivity contribution in [2.75, 3.05) is 6.79 Å². The van der Waals surface area contributed by atoms with Crippen LogP contribution in [0.5, 0.6) is 11.5 Å². The fourth-order valence-corrected chi connectivity index (χ4v) is 2.76. The van der Waals surface area contributed by atoms with Gasteiger partial charge in [0.15, 0.2) is 11.5 Å². The molecular weight excluding hydrogens is 268 g/mol. The lowest BCUT2D eigenvalue weighted by molar-refractivity contribution is -0.138. The van der Waals surface area contributed by atoms with Crippen molar-refractivity contribution in [2.45, 2.75) is 39.0 Å². The predicted octanol–water partition coefficient (Wildman–Crippen LogP) is 3.38. The zero-order valence-electron chi connectivity index (χ0n) is 11.2. The monoisotopic (exact) mass is 284 g/mol. The van der Waals surface area contributed by atoms with Crippen LogP contribution in [0.4, 0.5) is 0 Å². The van der Waals surface area contributed by atoms with Crippen LogP contribution in [-0.2, 0) is 16.6 Å². The third kappa shape index (κ3) is 2.50. The quantitative estimate of drug-likeness (QED) is 0.921. The Hall–Kier alpha value is -1.42. The van der Waals surface area contributed by atoms with Gasteiger partial charge in [0, 0.05) is 11.0 Å². The van der Waals surface area contributed by atoms with E-state index in [-0.39, 0.29) is 13.2 Å². The number of rotatable bonds is 4. The van der Waals surface area contributed by atoms with E-state index in [9.17, 15) is 4.79 Å². The van der Waals surface area contributed by atoms with Crippen LogP contribution in [0.3, 0.4) is 0 Å². The van der Waals surface area contributed by atoms with Crippen LogP contribution in [0.15, 0.2) is 6.07 Å². The normalized spacial score (nSPS) is 13.7. The lowest BCUT2D eigenvalue weighted by Crippen LogP contribution is -2.23. The summed E-state index contributed by atoms with van der Waals surface area (Å²) in [4.78, 5) is 11.0. The van der Waals surface area contributed by atoms with Crippen LogP contribution in [-0.4, -0.2) is 17.9 Å². The molecule has 19 heavy (non-hydrogen) atoms. The number of ether oxygens (including phenoxy) is 2. The SMILES string of the molecule is CCc1c(C(C)(C)CC(=O)O)cc(Cl)c2c1OCO2. The van der Waals surface area contributed by atoms with Gasteiger partial charge in [-0.3, -0.25) is 4.79 Å². The van der Waals surface area contributed by atoms with Gasteiger partial charge in [-0.25, -0.2) is 0 Å². The van der Waals surface area contributed by atoms with E-state index in [1.54, 1.807) is 6.07 Å². The van der Waals surface area contributed by atoms with E-state index in [2.05, 4.69) is 0 Å². The smallest absolute Gasteiger partial charge is 0.304 e. The third-order valence-electron chi connectivity index (χ3n) is 3.38. The molecule has 0 radical (unpaired) electrons. The molecule has 5 heteroatoms. The number of carboxylic acid groups (broad SMARTS) is 1. The molecule has 1 aromatic carbocycles. The summed E-state index contributed by atoms with van der Waals surface area (Å²) in [7, 11) is 0. The second-order valence-electron chi connectivity index (χ2n) is 5.26. The molecule has 1 aromatic rings. The van der Waals surface area contributed by atoms with Crippen LogP contribution in [0.25, 0.3) is 0 Å². The Morgan fingerprint density at radius 1 is 1.42 bits per heavy atom. The molecule has 4 nitrogen and oxygen atoms in total. The Kier molecular flexibility index (Phi) is 3.63. The highest BCUT2D eigenvalue weighted by Gasteiger charge is 2.32. The van der Waals surface area contributed by atoms with E-state index < -0.39 is 11.4 Å². The molecule has 0 saturated heterocycles. The zero-order chi connectivity index (χ0) is 14.2. The van der Waals surface area contributed by atoms with Crippen molar-refractivity contribution in [1.29, 1.82) is 0 Å². The van der Waals surface area contributed by atoms with Gasteiger partial charge in [0.05, 0.1) is 11.4 Å². The summed E-state index contributed by atoms with van der Waals surface area (Å²) in [6.07, 6.45) is 0.775. The summed E-state index contributed by atoms with van der Waals surface area (Å²) >= 11 is 6.19. The Morgan fingerprint density at radius 2 is 2.05 bits per heavy atom. The van der Waals surface area contributed by atoms with E-state index in [0.29, 0.717) is 16.5 Å². The summed E-state index contributed by atoms with van der Waals surface area (Å²) in [6.45, 7) is 5.96. The van der Waals surface area contributed by atoms with E-state index in [1.807, 2.05) is 20.8 Å². The van der Waals surface area contributed by atoms with Crippen LogP contribution < -0.4 is 9.47 Å². The number of carbonyl (C=O) groups is 1. The molecule has 1 aliphatic rings. The number of halogens is 1. The van der Waals surface area contributed by atoms with Gasteiger partial charge in [-0.1, -0.05) is 32.4 Å². The first kappa shape index (κ1) is 14.0. The van der Waals surface area contributed by atoms with Gasteiger partial charge < -0.3 is 14.6 Å². The summed E-state index contributed by atoms with van der Waals surface area (Å²) in [5.41, 5.74) is 1.37. The summed E-state index contributed by atoms with van der Waals surface area (Å²) in [5.74, 6) is 0.387. The average molecular weight is 285 g/mol. The van der Waals surface area contributed by atoms with E-state index >= 15 is 0 Å². The molecule has 0 atom stereocenters. The second kappa shape index (κ2) is 4.93. The maximum Gasteiger partial charge on any atom is 0.304 e. The van der Waals surface area contributed by atoms with Gasteiger partial charge in [-0.15, -0.1) is 0 Å². The number of hydrogen-bond acceptors (Lipinski definition) is 3. The fraction of sp³-hybridized carbons (Fsp3) is 0.500. The number of carboxylic acids is 1. The number of benzene rings is 1. The molecule has 0 bridgehead atoms. The van der Waals surface area contributed by atoms with Crippen LogP contribution >= 0.6 is 11.6 Å². The van der Waals surface area contributed by atoms with Crippen molar-refractivity contribution in [2.24, 2.45) is 0 Å². The Morgan fingerprint density at radius 3 is 2.63 bits per heavy atom. The topological polar surface area (TPSA) is 55.8 Å². The van der Waals surface area contributed by atoms with Crippen molar-refractivity contribution in [3.63, 3.8) is 0 Å². The molecule has 0 spiro atoms. The minimum atomic E-state index is -0.833. The van der Waals surface area contributed by atoms with Gasteiger partial charge in [0.25, 0.3) is 0 Å². The van der Waals surface area contributed by atoms with Crippen molar-refractivity contribution in [1.82, 2.24) is 0 Å². The second-order valence-corrected chi connectivity index (χ2v) is 5.66. The average Bonchev–Trinajstić information content (AvgIpc) is 2.76. The van der Waals surface area contributed by atoms with Crippen LogP contribution in [0.1, 0.15) is 38.3 Å². The molecule has 104 valence electrons. The first-order valence-corrected chi connectivity index (χ1v) is 6.58. The largest absolute Gasteiger partial charge is 0.481 e. The van der Waals surface area contributed by atoms with E-state index in [0.717, 1.165) is 17.5 Å². The highest BCUT2D eigenvalue weighted by Crippen LogP contribution is 2.47. The summed E-state index contributed by atoms with van der Waals surface area (Å²) in [5, 5.41) is 9.52. The lowest BCUT2D eigenvalue weighted by Gasteiger charge is -2.27. The van der Waals surface area contributed by atoms with E-state index in [1.165, 1.54) is 0 Å². The molecule has 1 aliphatic heterocycles. The molecule has 1 N–H and O–H groups in total. The molecule has 1 heterocycles. The molecule has 2 rings (SSSR count). The first-order chi connectivity index (χ1) is 8.86. The lowest BCUT2D eigenvalue weighted by atomic mass is 9.78. The predicted molar refractivity (Wildman–Crippen MR) is 72.2 cm³/mol. The standard InChI is InChI=1S/C14H17ClO4/c1-4-8-9(14(2,3)6-11(16)17)5-10(15)13-12(8)18-7-19-13/h5H,4,6-7H2,1-3H3,(H,16,17). The fourth-order valence-electron chi connectivity index (χ4n) is 2.51. The first-order valence-electron chi connectivity index (χ1n) is 6.20. The van der Waals surface area contributed by atoms with E-state index in [4.69, 9.17) is 26.2 Å². The van der Waals surface area contributed by atoms with Crippen molar-refractivity contribution in [3.05, 3.63) is 22.2 Å². The van der Waals surface area contributed by atoms with Gasteiger partial charge in [0.1, 0.15) is 0 Å².